The lowest BCUT2D eigenvalue weighted by atomic mass is 9.73. The number of hydrogen-bond acceptors (Lipinski definition) is 4. The zero-order chi connectivity index (χ0) is 29.6. The molecule has 1 unspecified atom stereocenters. The van der Waals surface area contributed by atoms with Gasteiger partial charge in [0.1, 0.15) is 6.61 Å². The molecule has 0 radical (unpaired) electrons. The lowest BCUT2D eigenvalue weighted by Crippen LogP contribution is -2.45. The average molecular weight is 405 g/mol. The Labute approximate surface area is 183 Å². The molecule has 1 fully saturated rings. The largest absolute Gasteiger partial charge is 0.457 e. The molecule has 0 spiro atoms. The molecule has 1 aromatic rings. The van der Waals surface area contributed by atoms with Crippen molar-refractivity contribution in [3.05, 3.63) is 47.0 Å². The number of rotatable bonds is 9. The van der Waals surface area contributed by atoms with Crippen LogP contribution in [0.4, 0.5) is 0 Å². The summed E-state index contributed by atoms with van der Waals surface area (Å²) in [7, 11) is 0. The first-order chi connectivity index (χ1) is 17.2. The van der Waals surface area contributed by atoms with Gasteiger partial charge in [-0.3, -0.25) is 0 Å². The third kappa shape index (κ3) is 5.81. The molecule has 0 saturated heterocycles. The van der Waals surface area contributed by atoms with E-state index in [1.165, 1.54) is 24.3 Å². The van der Waals surface area contributed by atoms with Gasteiger partial charge in [-0.05, 0) is 31.4 Å². The molecule has 0 bridgehead atoms. The summed E-state index contributed by atoms with van der Waals surface area (Å²) in [5.74, 6) is -5.79. The lowest BCUT2D eigenvalue weighted by Gasteiger charge is -2.36. The third-order valence-electron chi connectivity index (χ3n) is 4.16. The van der Waals surface area contributed by atoms with Gasteiger partial charge in [0, 0.05) is 27.5 Å². The number of ether oxygens (including phenoxy) is 1. The monoisotopic (exact) mass is 404 g/mol. The summed E-state index contributed by atoms with van der Waals surface area (Å²) in [6.07, 6.45) is -18.1. The van der Waals surface area contributed by atoms with Crippen molar-refractivity contribution in [3.63, 3.8) is 0 Å². The highest BCUT2D eigenvalue weighted by molar-refractivity contribution is 6.29. The molecule has 5 heteroatoms. The van der Waals surface area contributed by atoms with E-state index in [2.05, 4.69) is 0 Å². The number of carbonyl (C=O) groups is 1. The van der Waals surface area contributed by atoms with Gasteiger partial charge in [0.15, 0.2) is 5.60 Å². The van der Waals surface area contributed by atoms with Crippen molar-refractivity contribution < 1.29 is 29.7 Å². The summed E-state index contributed by atoms with van der Waals surface area (Å²) >= 11 is 6.15. The smallest absolute Gasteiger partial charge is 0.343 e. The van der Waals surface area contributed by atoms with Crippen molar-refractivity contribution in [1.82, 2.24) is 4.90 Å². The van der Waals surface area contributed by atoms with E-state index in [-0.39, 0.29) is 5.03 Å². The molecule has 0 heterocycles. The van der Waals surface area contributed by atoms with E-state index in [0.29, 0.717) is 19.6 Å². The van der Waals surface area contributed by atoms with Crippen molar-refractivity contribution in [2.45, 2.75) is 51.3 Å². The van der Waals surface area contributed by atoms with Crippen LogP contribution in [0.1, 0.15) is 66.4 Å². The molecular weight excluding hydrogens is 362 g/mol. The average Bonchev–Trinajstić information content (AvgIpc) is 2.85. The maximum atomic E-state index is 13.5. The molecule has 2 rings (SSSR count). The first kappa shape index (κ1) is 11.0. The van der Waals surface area contributed by atoms with Crippen LogP contribution in [-0.4, -0.2) is 42.2 Å². The zero-order valence-electron chi connectivity index (χ0n) is 26.4. The summed E-state index contributed by atoms with van der Waals surface area (Å²) in [6, 6.07) is 6.11. The van der Waals surface area contributed by atoms with Crippen LogP contribution in [0.25, 0.3) is 0 Å². The summed E-state index contributed by atoms with van der Waals surface area (Å²) in [6.45, 7) is 4.96. The van der Waals surface area contributed by atoms with E-state index in [1.807, 2.05) is 18.7 Å². The quantitative estimate of drug-likeness (QED) is 0.617. The molecular formula is C22H32ClNO3. The van der Waals surface area contributed by atoms with Gasteiger partial charge >= 0.3 is 5.97 Å². The van der Waals surface area contributed by atoms with E-state index >= 15 is 0 Å². The molecule has 4 nitrogen and oxygen atoms in total. The Bertz CT molecular complexity index is 1020. The summed E-state index contributed by atoms with van der Waals surface area (Å²) in [5.41, 5.74) is -4.24. The van der Waals surface area contributed by atoms with Crippen molar-refractivity contribution in [3.8, 4) is 0 Å². The Hall–Kier alpha value is -1.36. The van der Waals surface area contributed by atoms with Crippen LogP contribution in [0, 0.1) is 5.89 Å². The van der Waals surface area contributed by atoms with Crippen LogP contribution in [0.2, 0.25) is 0 Å². The van der Waals surface area contributed by atoms with Gasteiger partial charge in [-0.25, -0.2) is 4.79 Å². The molecule has 1 aromatic carbocycles. The van der Waals surface area contributed by atoms with Crippen molar-refractivity contribution in [2.75, 3.05) is 26.2 Å². The van der Waals surface area contributed by atoms with Crippen molar-refractivity contribution in [1.29, 1.82) is 0 Å². The fourth-order valence-corrected chi connectivity index (χ4v) is 2.61. The Morgan fingerprint density at radius 2 is 1.96 bits per heavy atom. The Morgan fingerprint density at radius 3 is 2.56 bits per heavy atom. The minimum Gasteiger partial charge on any atom is -0.457 e. The van der Waals surface area contributed by atoms with Crippen molar-refractivity contribution in [2.24, 2.45) is 5.89 Å². The van der Waals surface area contributed by atoms with Crippen LogP contribution in [0.15, 0.2) is 41.4 Å². The maximum Gasteiger partial charge on any atom is 0.343 e. The van der Waals surface area contributed by atoms with E-state index in [0.717, 1.165) is 12.1 Å². The highest BCUT2D eigenvalue weighted by Gasteiger charge is 2.47. The molecule has 1 atom stereocenters. The van der Waals surface area contributed by atoms with E-state index in [1.54, 1.807) is 0 Å². The summed E-state index contributed by atoms with van der Waals surface area (Å²) in [4.78, 5) is 15.5. The molecule has 1 saturated carbocycles. The fourth-order valence-electron chi connectivity index (χ4n) is 2.48. The molecule has 1 aliphatic rings. The number of nitrogens with zero attached hydrogens (tertiary/aromatic N) is 1. The summed E-state index contributed by atoms with van der Waals surface area (Å²) < 4.78 is 96.9. The Kier molecular flexibility index (Phi) is 4.41. The normalized spacial score (nSPS) is 34.9. The van der Waals surface area contributed by atoms with Gasteiger partial charge in [0.05, 0.1) is 5.03 Å². The lowest BCUT2D eigenvalue weighted by molar-refractivity contribution is -0.174. The SMILES string of the molecule is [2H]C1([2H])C([2H])([2H])C([2H])([2H])C([2H])(C(O)(C(=O)OC/C(Cl)=C/CN(CC)CC)c2ccccc2)C([2H])([2H])C1([2H])[2H]. The minimum atomic E-state index is -4.01. The number of benzene rings is 1. The van der Waals surface area contributed by atoms with Crippen molar-refractivity contribution >= 4 is 17.6 Å². The van der Waals surface area contributed by atoms with Crippen LogP contribution in [0.3, 0.4) is 0 Å². The van der Waals surface area contributed by atoms with Crippen LogP contribution in [0.5, 0.6) is 0 Å². The second kappa shape index (κ2) is 10.8. The number of halogens is 1. The predicted molar refractivity (Wildman–Crippen MR) is 110 cm³/mol. The number of likely N-dealkylation sites (N-methyl/N-ethyl adjacent to an activating group) is 1. The van der Waals surface area contributed by atoms with Gasteiger partial charge in [0.2, 0.25) is 0 Å². The maximum absolute atomic E-state index is 13.5. The van der Waals surface area contributed by atoms with Crippen LogP contribution in [-0.2, 0) is 15.1 Å². The van der Waals surface area contributed by atoms with Crippen LogP contribution >= 0.6 is 11.6 Å². The highest BCUT2D eigenvalue weighted by Crippen LogP contribution is 2.40. The fraction of sp³-hybridized carbons (Fsp3) is 0.591. The molecule has 0 aromatic heterocycles. The van der Waals surface area contributed by atoms with E-state index < -0.39 is 61.5 Å². The second-order valence-corrected chi connectivity index (χ2v) is 6.27. The first-order valence-corrected chi connectivity index (χ1v) is 9.06. The van der Waals surface area contributed by atoms with Gasteiger partial charge in [-0.15, -0.1) is 0 Å². The standard InChI is InChI=1S/C22H32ClNO3/c1-3-24(4-2)16-15-20(23)17-27-21(25)22(26,18-11-7-5-8-12-18)19-13-9-6-10-14-19/h5,7-8,11-12,15,19,26H,3-4,6,9-10,13-14,16-17H2,1-2H3/b20-15-/i6D2,9D2,10D2,13D2,14D2,19D. The highest BCUT2D eigenvalue weighted by atomic mass is 35.5. The summed E-state index contributed by atoms with van der Waals surface area (Å²) in [5, 5.41) is 11.9. The Morgan fingerprint density at radius 1 is 1.33 bits per heavy atom. The van der Waals surface area contributed by atoms with Crippen LogP contribution < -0.4 is 0 Å². The molecule has 0 aliphatic heterocycles. The minimum absolute atomic E-state index is 0.00338. The third-order valence-corrected chi connectivity index (χ3v) is 4.42. The number of carbonyl (C=O) groups excluding carboxylic acids is 1. The number of aliphatic hydroxyl groups is 1. The zero-order valence-corrected chi connectivity index (χ0v) is 16.1. The molecule has 27 heavy (non-hydrogen) atoms. The number of hydrogen-bond donors (Lipinski definition) is 1. The van der Waals surface area contributed by atoms with Gasteiger partial charge in [-0.2, -0.15) is 0 Å². The Balaban J connectivity index is 2.75. The van der Waals surface area contributed by atoms with E-state index in [9.17, 15) is 9.90 Å². The van der Waals surface area contributed by atoms with Gasteiger partial charge < -0.3 is 14.7 Å². The first-order valence-electron chi connectivity index (χ1n) is 14.2. The molecule has 1 aliphatic carbocycles. The molecule has 150 valence electrons. The van der Waals surface area contributed by atoms with Gasteiger partial charge in [-0.1, -0.05) is 81.0 Å². The predicted octanol–water partition coefficient (Wildman–Crippen LogP) is 4.46. The molecule has 1 N–H and O–H groups in total. The second-order valence-electron chi connectivity index (χ2n) is 5.79. The van der Waals surface area contributed by atoms with E-state index in [4.69, 9.17) is 31.4 Å². The topological polar surface area (TPSA) is 49.8 Å². The van der Waals surface area contributed by atoms with Gasteiger partial charge in [0.25, 0.3) is 0 Å². The molecule has 0 amide bonds. The number of esters is 1.